The van der Waals surface area contributed by atoms with Crippen molar-refractivity contribution in [3.63, 3.8) is 0 Å². The highest BCUT2D eigenvalue weighted by Crippen LogP contribution is 2.40. The fraction of sp³-hybridized carbons (Fsp3) is 0.467. The summed E-state index contributed by atoms with van der Waals surface area (Å²) in [7, 11) is 0. The van der Waals surface area contributed by atoms with Crippen molar-refractivity contribution in [1.82, 2.24) is 9.88 Å². The van der Waals surface area contributed by atoms with Crippen molar-refractivity contribution in [2.24, 2.45) is 0 Å². The predicted octanol–water partition coefficient (Wildman–Crippen LogP) is 5.72. The number of benzene rings is 2. The fourth-order valence-electron chi connectivity index (χ4n) is 6.21. The molecule has 1 N–H and O–H groups in total. The van der Waals surface area contributed by atoms with Gasteiger partial charge in [0.05, 0.1) is 11.6 Å². The number of rotatable bonds is 6. The summed E-state index contributed by atoms with van der Waals surface area (Å²) >= 11 is 0. The number of carbonyl (C=O) groups is 1. The summed E-state index contributed by atoms with van der Waals surface area (Å²) in [4.78, 5) is 21.1. The molecule has 182 valence electrons. The highest BCUT2D eigenvalue weighted by Gasteiger charge is 2.33. The smallest absolute Gasteiger partial charge is 0.150 e. The number of hydrogen-bond acceptors (Lipinski definition) is 4. The summed E-state index contributed by atoms with van der Waals surface area (Å²) in [6.45, 7) is 13.4. The minimum absolute atomic E-state index is 0.400. The molecule has 2 saturated heterocycles. The standard InChI is InChI=1S/C30H36N4O/c1-5-22-16-23(19-35)26(17-28(22)34-13-9-24(10-14-34)33-11-6-12-33)30(3,4)29-20(2)25-8-7-21(18-31)15-27(25)32-29/h7-8,15-17,19,24,32H,5-6,9-14H2,1-4H3. The van der Waals surface area contributed by atoms with Gasteiger partial charge in [-0.15, -0.1) is 0 Å². The number of fused-ring (bicyclic) bond motifs is 1. The first-order valence-corrected chi connectivity index (χ1v) is 13.0. The third-order valence-electron chi connectivity index (χ3n) is 8.46. The second-order valence-electron chi connectivity index (χ2n) is 10.8. The first-order valence-electron chi connectivity index (χ1n) is 13.0. The Morgan fingerprint density at radius 2 is 1.89 bits per heavy atom. The molecule has 3 heterocycles. The number of H-pyrrole nitrogens is 1. The summed E-state index contributed by atoms with van der Waals surface area (Å²) in [6.07, 6.45) is 5.68. The molecule has 2 aliphatic rings. The van der Waals surface area contributed by atoms with Crippen LogP contribution in [0.2, 0.25) is 0 Å². The molecular weight excluding hydrogens is 432 g/mol. The van der Waals surface area contributed by atoms with Crippen LogP contribution in [-0.2, 0) is 11.8 Å². The third-order valence-corrected chi connectivity index (χ3v) is 8.46. The molecule has 35 heavy (non-hydrogen) atoms. The number of aromatic nitrogens is 1. The highest BCUT2D eigenvalue weighted by molar-refractivity contribution is 5.87. The van der Waals surface area contributed by atoms with E-state index >= 15 is 0 Å². The molecule has 0 radical (unpaired) electrons. The maximum atomic E-state index is 12.3. The lowest BCUT2D eigenvalue weighted by atomic mass is 9.76. The van der Waals surface area contributed by atoms with Gasteiger partial charge >= 0.3 is 0 Å². The Bertz CT molecular complexity index is 1300. The highest BCUT2D eigenvalue weighted by atomic mass is 16.1. The van der Waals surface area contributed by atoms with E-state index in [1.54, 1.807) is 0 Å². The average Bonchev–Trinajstić information content (AvgIpc) is 3.19. The van der Waals surface area contributed by atoms with Crippen LogP contribution < -0.4 is 4.90 Å². The number of anilines is 1. The molecule has 0 unspecified atom stereocenters. The molecule has 2 aromatic carbocycles. The van der Waals surface area contributed by atoms with Crippen LogP contribution in [0.5, 0.6) is 0 Å². The fourth-order valence-corrected chi connectivity index (χ4v) is 6.21. The van der Waals surface area contributed by atoms with Crippen molar-refractivity contribution < 1.29 is 4.79 Å². The van der Waals surface area contributed by atoms with Crippen LogP contribution in [0.3, 0.4) is 0 Å². The van der Waals surface area contributed by atoms with Gasteiger partial charge in [-0.2, -0.15) is 5.26 Å². The van der Waals surface area contributed by atoms with E-state index in [9.17, 15) is 10.1 Å². The third kappa shape index (κ3) is 4.04. The Hall–Kier alpha value is -3.10. The van der Waals surface area contributed by atoms with Gasteiger partial charge in [-0.05, 0) is 86.7 Å². The van der Waals surface area contributed by atoms with Crippen molar-refractivity contribution in [2.75, 3.05) is 31.1 Å². The molecule has 0 aliphatic carbocycles. The van der Waals surface area contributed by atoms with Gasteiger partial charge < -0.3 is 14.8 Å². The van der Waals surface area contributed by atoms with Crippen LogP contribution in [-0.4, -0.2) is 48.4 Å². The summed E-state index contributed by atoms with van der Waals surface area (Å²) in [5, 5.41) is 10.5. The number of nitrogens with zero attached hydrogens (tertiary/aromatic N) is 3. The maximum Gasteiger partial charge on any atom is 0.150 e. The molecule has 2 fully saturated rings. The van der Waals surface area contributed by atoms with Gasteiger partial charge in [-0.25, -0.2) is 0 Å². The molecule has 0 atom stereocenters. The number of piperidine rings is 1. The number of nitriles is 1. The molecule has 0 amide bonds. The van der Waals surface area contributed by atoms with E-state index < -0.39 is 5.41 Å². The van der Waals surface area contributed by atoms with Crippen molar-refractivity contribution >= 4 is 22.9 Å². The van der Waals surface area contributed by atoms with Crippen LogP contribution in [0.1, 0.15) is 78.3 Å². The lowest BCUT2D eigenvalue weighted by Gasteiger charge is -2.44. The van der Waals surface area contributed by atoms with Gasteiger partial charge in [0.1, 0.15) is 6.29 Å². The summed E-state index contributed by atoms with van der Waals surface area (Å²) in [5.74, 6) is 0. The zero-order valence-corrected chi connectivity index (χ0v) is 21.4. The Kier molecular flexibility index (Phi) is 6.19. The normalized spacial score (nSPS) is 17.4. The molecule has 0 saturated carbocycles. The zero-order valence-electron chi connectivity index (χ0n) is 21.4. The van der Waals surface area contributed by atoms with E-state index in [0.717, 1.165) is 59.6 Å². The largest absolute Gasteiger partial charge is 0.371 e. The minimum atomic E-state index is -0.400. The number of aromatic amines is 1. The Labute approximate surface area is 208 Å². The molecule has 0 bridgehead atoms. The van der Waals surface area contributed by atoms with Crippen molar-refractivity contribution in [1.29, 1.82) is 5.26 Å². The monoisotopic (exact) mass is 468 g/mol. The van der Waals surface area contributed by atoms with Crippen LogP contribution >= 0.6 is 0 Å². The quantitative estimate of drug-likeness (QED) is 0.470. The van der Waals surface area contributed by atoms with Gasteiger partial charge in [0, 0.05) is 52.4 Å². The first-order chi connectivity index (χ1) is 16.9. The molecule has 1 aromatic heterocycles. The van der Waals surface area contributed by atoms with Crippen LogP contribution in [0.15, 0.2) is 30.3 Å². The van der Waals surface area contributed by atoms with E-state index in [4.69, 9.17) is 0 Å². The van der Waals surface area contributed by atoms with E-state index in [-0.39, 0.29) is 0 Å². The van der Waals surface area contributed by atoms with Gasteiger partial charge in [0.15, 0.2) is 0 Å². The molecule has 0 spiro atoms. The number of hydrogen-bond donors (Lipinski definition) is 1. The molecule has 5 rings (SSSR count). The van der Waals surface area contributed by atoms with Crippen molar-refractivity contribution in [2.45, 2.75) is 64.8 Å². The van der Waals surface area contributed by atoms with Gasteiger partial charge in [-0.3, -0.25) is 4.79 Å². The first kappa shape index (κ1) is 23.6. The predicted molar refractivity (Wildman–Crippen MR) is 143 cm³/mol. The number of likely N-dealkylation sites (tertiary alicyclic amines) is 1. The maximum absolute atomic E-state index is 12.3. The van der Waals surface area contributed by atoms with Crippen molar-refractivity contribution in [3.05, 3.63) is 63.8 Å². The summed E-state index contributed by atoms with van der Waals surface area (Å²) in [6, 6.07) is 13.2. The number of aldehydes is 1. The Balaban J connectivity index is 1.55. The van der Waals surface area contributed by atoms with Gasteiger partial charge in [-0.1, -0.05) is 26.8 Å². The van der Waals surface area contributed by atoms with E-state index in [1.807, 2.05) is 18.2 Å². The number of nitrogens with one attached hydrogen (secondary N) is 1. The van der Waals surface area contributed by atoms with E-state index in [2.05, 4.69) is 60.7 Å². The van der Waals surface area contributed by atoms with E-state index in [0.29, 0.717) is 5.56 Å². The SMILES string of the molecule is CCc1cc(C=O)c(C(C)(C)c2[nH]c3cc(C#N)ccc3c2C)cc1N1CCC(N2CCC2)CC1. The lowest BCUT2D eigenvalue weighted by molar-refractivity contribution is 0.100. The van der Waals surface area contributed by atoms with Gasteiger partial charge in [0.25, 0.3) is 0 Å². The number of aryl methyl sites for hydroxylation is 2. The van der Waals surface area contributed by atoms with Crippen LogP contribution in [0.25, 0.3) is 10.9 Å². The molecule has 5 heteroatoms. The second kappa shape index (κ2) is 9.17. The second-order valence-corrected chi connectivity index (χ2v) is 10.8. The molecule has 5 nitrogen and oxygen atoms in total. The Morgan fingerprint density at radius 1 is 1.14 bits per heavy atom. The minimum Gasteiger partial charge on any atom is -0.371 e. The number of carbonyl (C=O) groups excluding carboxylic acids is 1. The summed E-state index contributed by atoms with van der Waals surface area (Å²) in [5.41, 5.74) is 7.83. The summed E-state index contributed by atoms with van der Waals surface area (Å²) < 4.78 is 0. The molecular formula is C30H36N4O. The Morgan fingerprint density at radius 3 is 2.49 bits per heavy atom. The van der Waals surface area contributed by atoms with Crippen LogP contribution in [0.4, 0.5) is 5.69 Å². The van der Waals surface area contributed by atoms with E-state index in [1.165, 1.54) is 49.2 Å². The lowest BCUT2D eigenvalue weighted by Crippen LogP contribution is -2.50. The zero-order chi connectivity index (χ0) is 24.7. The molecule has 3 aromatic rings. The van der Waals surface area contributed by atoms with Gasteiger partial charge in [0.2, 0.25) is 0 Å². The van der Waals surface area contributed by atoms with Crippen LogP contribution in [0, 0.1) is 18.3 Å². The van der Waals surface area contributed by atoms with Crippen molar-refractivity contribution in [3.8, 4) is 6.07 Å². The topological polar surface area (TPSA) is 63.1 Å². The average molecular weight is 469 g/mol. The molecule has 2 aliphatic heterocycles.